The number of fused-ring (bicyclic) bond motifs is 2. The molecule has 2 saturated heterocycles. The van der Waals surface area contributed by atoms with Gasteiger partial charge in [-0.05, 0) is 91.0 Å². The van der Waals surface area contributed by atoms with Gasteiger partial charge in [0.2, 0.25) is 5.95 Å². The van der Waals surface area contributed by atoms with Crippen molar-refractivity contribution < 1.29 is 18.4 Å². The lowest BCUT2D eigenvalue weighted by Crippen LogP contribution is -2.47. The number of carbonyl (C=O) groups is 2. The van der Waals surface area contributed by atoms with Crippen LogP contribution in [0.5, 0.6) is 0 Å². The number of piperazine rings is 2. The minimum Gasteiger partial charge on any atom is -0.368 e. The maximum atomic E-state index is 13.4. The van der Waals surface area contributed by atoms with Crippen LogP contribution in [0.15, 0.2) is 134 Å². The lowest BCUT2D eigenvalue weighted by Gasteiger charge is -2.36. The molecule has 6 aromatic rings. The van der Waals surface area contributed by atoms with E-state index in [1.165, 1.54) is 24.3 Å². The first-order valence-corrected chi connectivity index (χ1v) is 20.2. The van der Waals surface area contributed by atoms with Crippen LogP contribution in [0.2, 0.25) is 0 Å². The molecule has 6 heterocycles. The Balaban J connectivity index is 0.000000158. The van der Waals surface area contributed by atoms with Gasteiger partial charge in [-0.2, -0.15) is 0 Å². The summed E-state index contributed by atoms with van der Waals surface area (Å²) >= 11 is 0. The van der Waals surface area contributed by atoms with Gasteiger partial charge >= 0.3 is 0 Å². The molecule has 0 aliphatic carbocycles. The molecule has 0 saturated carbocycles. The third-order valence-electron chi connectivity index (χ3n) is 11.0. The fourth-order valence-electron chi connectivity index (χ4n) is 7.74. The minimum atomic E-state index is -0.374. The van der Waals surface area contributed by atoms with Gasteiger partial charge in [-0.15, -0.1) is 0 Å². The number of anilines is 8. The predicted octanol–water partition coefficient (Wildman–Crippen LogP) is 6.69. The molecule has 4 aliphatic heterocycles. The second kappa shape index (κ2) is 17.8. The molecule has 0 radical (unpaired) electrons. The molecule has 0 atom stereocenters. The average Bonchev–Trinajstić information content (AvgIpc) is 3.81. The number of hydrogen-bond donors (Lipinski definition) is 4. The Kier molecular flexibility index (Phi) is 11.3. The first-order valence-electron chi connectivity index (χ1n) is 20.2. The van der Waals surface area contributed by atoms with Crippen molar-refractivity contribution in [2.24, 2.45) is 0 Å². The number of carbonyl (C=O) groups excluding carboxylic acids is 2. The second-order valence-corrected chi connectivity index (χ2v) is 14.8. The zero-order valence-corrected chi connectivity index (χ0v) is 33.5. The molecule has 16 heteroatoms. The summed E-state index contributed by atoms with van der Waals surface area (Å²) in [6, 6.07) is 26.6. The largest absolute Gasteiger partial charge is 0.368 e. The van der Waals surface area contributed by atoms with Crippen molar-refractivity contribution in [1.82, 2.24) is 19.9 Å². The maximum absolute atomic E-state index is 13.4. The van der Waals surface area contributed by atoms with Gasteiger partial charge in [-0.25, -0.2) is 23.7 Å². The van der Waals surface area contributed by atoms with Crippen LogP contribution >= 0.6 is 0 Å². The van der Waals surface area contributed by atoms with Crippen LogP contribution in [0.4, 0.5) is 54.7 Å². The molecule has 2 aromatic heterocycles. The molecule has 62 heavy (non-hydrogen) atoms. The van der Waals surface area contributed by atoms with E-state index in [0.717, 1.165) is 86.9 Å². The van der Waals surface area contributed by atoms with Crippen LogP contribution in [0.3, 0.4) is 0 Å². The normalized spacial score (nSPS) is 16.9. The molecule has 0 unspecified atom stereocenters. The fraction of sp³-hybridized carbons (Fsp3) is 0.174. The highest BCUT2D eigenvalue weighted by Crippen LogP contribution is 2.34. The van der Waals surface area contributed by atoms with E-state index in [2.05, 4.69) is 85.1 Å². The number of benzene rings is 4. The molecule has 4 N–H and O–H groups in total. The molecular formula is C46H42F2N12O2. The van der Waals surface area contributed by atoms with E-state index in [4.69, 9.17) is 0 Å². The van der Waals surface area contributed by atoms with E-state index in [9.17, 15) is 18.4 Å². The Hall–Kier alpha value is -7.88. The van der Waals surface area contributed by atoms with Gasteiger partial charge in [0, 0.05) is 123 Å². The van der Waals surface area contributed by atoms with Crippen molar-refractivity contribution in [2.75, 3.05) is 93.2 Å². The SMILES string of the molecule is O=C1Nc2cc(F)ccc2C1=CNc1ccc(N2CCN(c3cnccn3)CC2)cc1.O=C1Nc2cc(F)ccc2C1=CNc1ccc(N2CCN(c3ncccn3)CC2)cc1. The van der Waals surface area contributed by atoms with E-state index >= 15 is 0 Å². The Morgan fingerprint density at radius 2 is 1.00 bits per heavy atom. The third-order valence-corrected chi connectivity index (χ3v) is 11.0. The number of hydrogen-bond acceptors (Lipinski definition) is 12. The van der Waals surface area contributed by atoms with Crippen molar-refractivity contribution in [2.45, 2.75) is 0 Å². The predicted molar refractivity (Wildman–Crippen MR) is 239 cm³/mol. The van der Waals surface area contributed by atoms with E-state index in [1.54, 1.807) is 55.5 Å². The van der Waals surface area contributed by atoms with Gasteiger partial charge in [-0.3, -0.25) is 14.6 Å². The molecule has 0 spiro atoms. The fourth-order valence-corrected chi connectivity index (χ4v) is 7.74. The van der Waals surface area contributed by atoms with Crippen LogP contribution < -0.4 is 40.9 Å². The van der Waals surface area contributed by atoms with E-state index < -0.39 is 0 Å². The number of amides is 2. The Morgan fingerprint density at radius 1 is 0.532 bits per heavy atom. The summed E-state index contributed by atoms with van der Waals surface area (Å²) in [6.45, 7) is 7.10. The molecule has 2 amide bonds. The molecular weight excluding hydrogens is 791 g/mol. The summed E-state index contributed by atoms with van der Waals surface area (Å²) in [7, 11) is 0. The molecule has 10 rings (SSSR count). The average molecular weight is 833 g/mol. The molecule has 4 aliphatic rings. The highest BCUT2D eigenvalue weighted by Gasteiger charge is 2.26. The number of halogens is 2. The van der Waals surface area contributed by atoms with E-state index in [0.29, 0.717) is 33.6 Å². The van der Waals surface area contributed by atoms with Crippen molar-refractivity contribution in [3.05, 3.63) is 157 Å². The Labute approximate surface area is 356 Å². The summed E-state index contributed by atoms with van der Waals surface area (Å²) in [4.78, 5) is 50.6. The van der Waals surface area contributed by atoms with Crippen LogP contribution in [0.1, 0.15) is 11.1 Å². The zero-order chi connectivity index (χ0) is 42.4. The van der Waals surface area contributed by atoms with Gasteiger partial charge in [0.15, 0.2) is 0 Å². The van der Waals surface area contributed by atoms with Gasteiger partial charge < -0.3 is 40.9 Å². The first-order chi connectivity index (χ1) is 30.3. The van der Waals surface area contributed by atoms with Crippen LogP contribution in [-0.4, -0.2) is 84.1 Å². The van der Waals surface area contributed by atoms with Gasteiger partial charge in [0.1, 0.15) is 17.5 Å². The first kappa shape index (κ1) is 39.6. The topological polar surface area (TPSA) is 147 Å². The smallest absolute Gasteiger partial charge is 0.257 e. The zero-order valence-electron chi connectivity index (χ0n) is 33.5. The molecule has 14 nitrogen and oxygen atoms in total. The van der Waals surface area contributed by atoms with Crippen LogP contribution in [-0.2, 0) is 9.59 Å². The summed E-state index contributed by atoms with van der Waals surface area (Å²) in [5.41, 5.74) is 7.38. The van der Waals surface area contributed by atoms with Gasteiger partial charge in [0.05, 0.1) is 28.7 Å². The maximum Gasteiger partial charge on any atom is 0.257 e. The second-order valence-electron chi connectivity index (χ2n) is 14.8. The van der Waals surface area contributed by atoms with Crippen molar-refractivity contribution in [3.8, 4) is 0 Å². The standard InChI is InChI=1S/2C23H21FN6O/c24-16-2-7-19-20(22(31)28-21(19)14-16)15-27-17-3-5-18(6-4-17)29-10-12-30(13-11-29)23-25-8-1-9-26-23;24-16-1-6-19-20(23(31)28-21(19)13-16)14-27-17-2-4-18(5-3-17)29-9-11-30(12-10-29)22-15-25-7-8-26-22/h1-9,14-15,27H,10-13H2,(H,28,31);1-8,13-15,27H,9-12H2,(H,28,31). The number of rotatable bonds is 8. The van der Waals surface area contributed by atoms with Crippen LogP contribution in [0, 0.1) is 11.6 Å². The summed E-state index contributed by atoms with van der Waals surface area (Å²) in [5.74, 6) is 0.447. The molecule has 312 valence electrons. The van der Waals surface area contributed by atoms with E-state index in [-0.39, 0.29) is 23.4 Å². The van der Waals surface area contributed by atoms with Gasteiger partial charge in [0.25, 0.3) is 11.8 Å². The monoisotopic (exact) mass is 832 g/mol. The highest BCUT2D eigenvalue weighted by molar-refractivity contribution is 6.32. The summed E-state index contributed by atoms with van der Waals surface area (Å²) in [6.07, 6.45) is 12.0. The lowest BCUT2D eigenvalue weighted by atomic mass is 10.1. The molecule has 2 fully saturated rings. The van der Waals surface area contributed by atoms with Crippen molar-refractivity contribution in [1.29, 1.82) is 0 Å². The molecule has 4 aromatic carbocycles. The summed E-state index contributed by atoms with van der Waals surface area (Å²) in [5, 5.41) is 11.7. The van der Waals surface area contributed by atoms with Crippen molar-refractivity contribution >= 4 is 68.9 Å². The molecule has 0 bridgehead atoms. The third kappa shape index (κ3) is 8.84. The Bertz CT molecular complexity index is 2430. The quantitative estimate of drug-likeness (QED) is 0.121. The number of aromatic nitrogens is 4. The summed E-state index contributed by atoms with van der Waals surface area (Å²) < 4.78 is 26.7. The number of nitrogens with one attached hydrogen (secondary N) is 4. The van der Waals surface area contributed by atoms with E-state index in [1.807, 2.05) is 30.3 Å². The van der Waals surface area contributed by atoms with Crippen molar-refractivity contribution in [3.63, 3.8) is 0 Å². The Morgan fingerprint density at radius 3 is 1.47 bits per heavy atom. The number of nitrogens with zero attached hydrogens (tertiary/aromatic N) is 8. The highest BCUT2D eigenvalue weighted by atomic mass is 19.1. The minimum absolute atomic E-state index is 0.245. The van der Waals surface area contributed by atoms with Crippen LogP contribution in [0.25, 0.3) is 11.1 Å². The lowest BCUT2D eigenvalue weighted by molar-refractivity contribution is -0.111. The van der Waals surface area contributed by atoms with Gasteiger partial charge in [-0.1, -0.05) is 0 Å².